The predicted octanol–water partition coefficient (Wildman–Crippen LogP) is 5.22. The monoisotopic (exact) mass is 415 g/mol. The van der Waals surface area contributed by atoms with E-state index in [4.69, 9.17) is 4.74 Å². The van der Waals surface area contributed by atoms with E-state index in [0.29, 0.717) is 29.1 Å². The van der Waals surface area contributed by atoms with Gasteiger partial charge in [0.2, 0.25) is 5.91 Å². The average molecular weight is 416 g/mol. The van der Waals surface area contributed by atoms with Gasteiger partial charge in [0.05, 0.1) is 0 Å². The van der Waals surface area contributed by atoms with E-state index < -0.39 is 0 Å². The minimum absolute atomic E-state index is 0.109. The van der Waals surface area contributed by atoms with E-state index in [1.54, 1.807) is 10.5 Å². The molecule has 3 fully saturated rings. The van der Waals surface area contributed by atoms with Crippen molar-refractivity contribution in [1.29, 1.82) is 0 Å². The Bertz CT molecular complexity index is 743. The van der Waals surface area contributed by atoms with Gasteiger partial charge in [0.1, 0.15) is 6.10 Å². The highest BCUT2D eigenvalue weighted by molar-refractivity contribution is 5.78. The third-order valence-corrected chi connectivity index (χ3v) is 9.87. The van der Waals surface area contributed by atoms with Crippen LogP contribution in [0, 0.1) is 40.4 Å². The van der Waals surface area contributed by atoms with Crippen molar-refractivity contribution in [3.8, 4) is 0 Å². The normalized spacial score (nSPS) is 43.5. The smallest absolute Gasteiger partial charge is 0.302 e. The summed E-state index contributed by atoms with van der Waals surface area (Å²) in [4.78, 5) is 26.0. The number of nitrogens with zero attached hydrogens (tertiary/aromatic N) is 1. The van der Waals surface area contributed by atoms with E-state index in [1.807, 2.05) is 14.1 Å². The quantitative estimate of drug-likeness (QED) is 0.469. The average Bonchev–Trinajstić information content (AvgIpc) is 3.03. The Balaban J connectivity index is 1.56. The van der Waals surface area contributed by atoms with Crippen LogP contribution in [0.3, 0.4) is 0 Å². The topological polar surface area (TPSA) is 46.6 Å². The van der Waals surface area contributed by atoms with Crippen LogP contribution in [0.4, 0.5) is 0 Å². The van der Waals surface area contributed by atoms with Gasteiger partial charge in [-0.15, -0.1) is 0 Å². The molecule has 0 aromatic carbocycles. The molecule has 8 atom stereocenters. The van der Waals surface area contributed by atoms with E-state index >= 15 is 0 Å². The molecule has 1 amide bonds. The van der Waals surface area contributed by atoms with Crippen molar-refractivity contribution in [3.05, 3.63) is 11.6 Å². The molecule has 4 rings (SSSR count). The van der Waals surface area contributed by atoms with Gasteiger partial charge in [0.15, 0.2) is 0 Å². The number of hydrogen-bond donors (Lipinski definition) is 0. The zero-order valence-corrected chi connectivity index (χ0v) is 19.9. The molecule has 0 radical (unpaired) electrons. The second-order valence-corrected chi connectivity index (χ2v) is 11.5. The molecule has 0 N–H and O–H groups in total. The van der Waals surface area contributed by atoms with Crippen molar-refractivity contribution < 1.29 is 14.3 Å². The summed E-state index contributed by atoms with van der Waals surface area (Å²) in [6.45, 7) is 8.70. The lowest BCUT2D eigenvalue weighted by Gasteiger charge is -2.57. The van der Waals surface area contributed by atoms with E-state index in [9.17, 15) is 9.59 Å². The standard InChI is InChI=1S/C26H41NO3/c1-16(24(29)27(5)6)21-9-10-22-20-8-7-18-15-19(30-17(2)28)11-13-25(18,3)23(20)12-14-26(21,22)4/h8,16,18-19,21-23H,7,9-15H2,1-6H3/t16-,18-,19-,21+,22-,23-,25-,26+/m0/s1. The zero-order chi connectivity index (χ0) is 21.8. The van der Waals surface area contributed by atoms with E-state index in [0.717, 1.165) is 19.3 Å². The SMILES string of the molecule is CC(=O)O[C@H]1CC[C@@]2(C)[C@@H](CC=C3[C@@H]2CC[C@]2(C)[C@@H]([C@H](C)C(=O)N(C)C)CC[C@@H]32)C1. The maximum atomic E-state index is 12.8. The first-order valence-electron chi connectivity index (χ1n) is 12.2. The van der Waals surface area contributed by atoms with Crippen LogP contribution in [0.15, 0.2) is 11.6 Å². The number of amides is 1. The fraction of sp³-hybridized carbons (Fsp3) is 0.846. The summed E-state index contributed by atoms with van der Waals surface area (Å²) in [6.07, 6.45) is 11.9. The van der Waals surface area contributed by atoms with Crippen LogP contribution in [0.25, 0.3) is 0 Å². The number of carbonyl (C=O) groups is 2. The maximum absolute atomic E-state index is 12.8. The molecule has 0 aromatic heterocycles. The van der Waals surface area contributed by atoms with Gasteiger partial charge in [-0.2, -0.15) is 0 Å². The molecule has 0 spiro atoms. The molecule has 4 nitrogen and oxygen atoms in total. The molecule has 0 aromatic rings. The first-order valence-corrected chi connectivity index (χ1v) is 12.2. The van der Waals surface area contributed by atoms with E-state index in [1.165, 1.54) is 39.0 Å². The van der Waals surface area contributed by atoms with Crippen LogP contribution in [-0.2, 0) is 14.3 Å². The molecular weight excluding hydrogens is 374 g/mol. The third-order valence-electron chi connectivity index (χ3n) is 9.87. The molecule has 4 heteroatoms. The Hall–Kier alpha value is -1.32. The second-order valence-electron chi connectivity index (χ2n) is 11.5. The Morgan fingerprint density at radius 3 is 2.40 bits per heavy atom. The van der Waals surface area contributed by atoms with Gasteiger partial charge in [-0.1, -0.05) is 32.4 Å². The van der Waals surface area contributed by atoms with Crippen molar-refractivity contribution >= 4 is 11.9 Å². The Morgan fingerprint density at radius 2 is 1.73 bits per heavy atom. The summed E-state index contributed by atoms with van der Waals surface area (Å²) in [5.41, 5.74) is 2.32. The molecule has 0 bridgehead atoms. The fourth-order valence-corrected chi connectivity index (χ4v) is 8.26. The molecule has 3 saturated carbocycles. The summed E-state index contributed by atoms with van der Waals surface area (Å²) in [5, 5.41) is 0. The minimum Gasteiger partial charge on any atom is -0.463 e. The van der Waals surface area contributed by atoms with Gasteiger partial charge in [0, 0.05) is 26.9 Å². The number of carbonyl (C=O) groups excluding carboxylic acids is 2. The number of esters is 1. The summed E-state index contributed by atoms with van der Waals surface area (Å²) in [6, 6.07) is 0. The molecule has 0 saturated heterocycles. The molecule has 30 heavy (non-hydrogen) atoms. The number of ether oxygens (including phenoxy) is 1. The summed E-state index contributed by atoms with van der Waals surface area (Å²) in [7, 11) is 3.78. The highest BCUT2D eigenvalue weighted by Crippen LogP contribution is 2.66. The van der Waals surface area contributed by atoms with E-state index in [-0.39, 0.29) is 29.3 Å². The van der Waals surface area contributed by atoms with Crippen LogP contribution in [0.1, 0.15) is 79.1 Å². The van der Waals surface area contributed by atoms with Crippen molar-refractivity contribution in [2.45, 2.75) is 85.2 Å². The molecule has 0 heterocycles. The first-order chi connectivity index (χ1) is 14.1. The Kier molecular flexibility index (Phi) is 5.60. The largest absolute Gasteiger partial charge is 0.463 e. The van der Waals surface area contributed by atoms with Crippen LogP contribution >= 0.6 is 0 Å². The van der Waals surface area contributed by atoms with Gasteiger partial charge in [-0.05, 0) is 85.9 Å². The molecule has 4 aliphatic rings. The number of allylic oxidation sites excluding steroid dienone is 2. The molecule has 0 aliphatic heterocycles. The Labute approximate surface area is 182 Å². The van der Waals surface area contributed by atoms with Crippen LogP contribution in [0.5, 0.6) is 0 Å². The third kappa shape index (κ3) is 3.33. The van der Waals surface area contributed by atoms with Crippen LogP contribution < -0.4 is 0 Å². The number of rotatable bonds is 3. The van der Waals surface area contributed by atoms with Gasteiger partial charge >= 0.3 is 5.97 Å². The van der Waals surface area contributed by atoms with Crippen LogP contribution in [0.2, 0.25) is 0 Å². The van der Waals surface area contributed by atoms with Crippen molar-refractivity contribution in [3.63, 3.8) is 0 Å². The summed E-state index contributed by atoms with van der Waals surface area (Å²) in [5.74, 6) is 2.69. The van der Waals surface area contributed by atoms with E-state index in [2.05, 4.69) is 26.8 Å². The van der Waals surface area contributed by atoms with Crippen molar-refractivity contribution in [2.75, 3.05) is 14.1 Å². The predicted molar refractivity (Wildman–Crippen MR) is 119 cm³/mol. The highest BCUT2D eigenvalue weighted by atomic mass is 16.5. The minimum atomic E-state index is -0.137. The maximum Gasteiger partial charge on any atom is 0.302 e. The van der Waals surface area contributed by atoms with Gasteiger partial charge < -0.3 is 9.64 Å². The molecular formula is C26H41NO3. The van der Waals surface area contributed by atoms with Gasteiger partial charge in [-0.25, -0.2) is 0 Å². The first kappa shape index (κ1) is 21.9. The lowest BCUT2D eigenvalue weighted by Crippen LogP contribution is -2.50. The van der Waals surface area contributed by atoms with Crippen LogP contribution in [-0.4, -0.2) is 37.0 Å². The summed E-state index contributed by atoms with van der Waals surface area (Å²) >= 11 is 0. The molecule has 0 unspecified atom stereocenters. The molecule has 168 valence electrons. The zero-order valence-electron chi connectivity index (χ0n) is 19.9. The highest BCUT2D eigenvalue weighted by Gasteiger charge is 2.59. The molecule has 4 aliphatic carbocycles. The number of hydrogen-bond acceptors (Lipinski definition) is 3. The van der Waals surface area contributed by atoms with Crippen molar-refractivity contribution in [1.82, 2.24) is 4.90 Å². The van der Waals surface area contributed by atoms with Gasteiger partial charge in [0.25, 0.3) is 0 Å². The second kappa shape index (κ2) is 7.67. The number of fused-ring (bicyclic) bond motifs is 5. The lowest BCUT2D eigenvalue weighted by molar-refractivity contribution is -0.152. The summed E-state index contributed by atoms with van der Waals surface area (Å²) < 4.78 is 5.59. The Morgan fingerprint density at radius 1 is 1.07 bits per heavy atom. The van der Waals surface area contributed by atoms with Crippen molar-refractivity contribution in [2.24, 2.45) is 40.4 Å². The van der Waals surface area contributed by atoms with Gasteiger partial charge in [-0.3, -0.25) is 9.59 Å². The lowest BCUT2D eigenvalue weighted by atomic mass is 9.47. The fourth-order valence-electron chi connectivity index (χ4n) is 8.26.